The number of aryl methyl sites for hydroxylation is 1. The minimum Gasteiger partial charge on any atom is -0.485 e. The first-order valence-corrected chi connectivity index (χ1v) is 7.75. The summed E-state index contributed by atoms with van der Waals surface area (Å²) in [7, 11) is 0. The molecular weight excluding hydrogens is 262 g/mol. The van der Waals surface area contributed by atoms with Crippen LogP contribution in [0.4, 0.5) is 0 Å². The van der Waals surface area contributed by atoms with Crippen LogP contribution in [-0.4, -0.2) is 22.3 Å². The highest BCUT2D eigenvalue weighted by molar-refractivity contribution is 5.84. The van der Waals surface area contributed by atoms with Gasteiger partial charge in [-0.05, 0) is 43.7 Å². The van der Waals surface area contributed by atoms with Crippen LogP contribution in [0, 0.1) is 18.8 Å². The number of aliphatic hydroxyl groups is 1. The van der Waals surface area contributed by atoms with Crippen molar-refractivity contribution in [3.8, 4) is 5.75 Å². The molecule has 1 aliphatic carbocycles. The van der Waals surface area contributed by atoms with E-state index >= 15 is 0 Å². The first-order chi connectivity index (χ1) is 10.0. The van der Waals surface area contributed by atoms with E-state index in [2.05, 4.69) is 24.9 Å². The maximum Gasteiger partial charge on any atom is 0.146 e. The zero-order valence-corrected chi connectivity index (χ0v) is 12.9. The number of aliphatic hydroxyl groups excluding tert-OH is 1. The van der Waals surface area contributed by atoms with Crippen LogP contribution < -0.4 is 4.74 Å². The van der Waals surface area contributed by atoms with Gasteiger partial charge in [-0.15, -0.1) is 0 Å². The number of benzene rings is 1. The van der Waals surface area contributed by atoms with Crippen LogP contribution in [0.2, 0.25) is 0 Å². The lowest BCUT2D eigenvalue weighted by Gasteiger charge is -2.36. The van der Waals surface area contributed by atoms with Gasteiger partial charge >= 0.3 is 0 Å². The van der Waals surface area contributed by atoms with Crippen LogP contribution >= 0.6 is 0 Å². The van der Waals surface area contributed by atoms with Crippen molar-refractivity contribution in [2.45, 2.75) is 45.8 Å². The molecule has 3 rings (SSSR count). The number of hydrogen-bond donors (Lipinski definition) is 1. The molecule has 4 unspecified atom stereocenters. The molecule has 112 valence electrons. The fourth-order valence-corrected chi connectivity index (χ4v) is 3.44. The summed E-state index contributed by atoms with van der Waals surface area (Å²) in [5, 5.41) is 11.4. The topological polar surface area (TPSA) is 42.4 Å². The molecule has 0 radical (unpaired) electrons. The van der Waals surface area contributed by atoms with Crippen LogP contribution in [0.25, 0.3) is 10.9 Å². The summed E-state index contributed by atoms with van der Waals surface area (Å²) in [5.74, 6) is 1.69. The SMILES string of the molecule is Cc1ccc2cccc(OC3C(C)CC(C)CC3O)c2n1. The lowest BCUT2D eigenvalue weighted by atomic mass is 9.79. The number of para-hydroxylation sites is 1. The zero-order chi connectivity index (χ0) is 15.0. The molecule has 0 saturated heterocycles. The smallest absolute Gasteiger partial charge is 0.146 e. The van der Waals surface area contributed by atoms with Gasteiger partial charge in [0.1, 0.15) is 17.4 Å². The number of pyridine rings is 1. The van der Waals surface area contributed by atoms with Crippen LogP contribution in [0.1, 0.15) is 32.4 Å². The minimum atomic E-state index is -0.399. The average Bonchev–Trinajstić information content (AvgIpc) is 2.43. The van der Waals surface area contributed by atoms with E-state index in [0.717, 1.165) is 35.2 Å². The van der Waals surface area contributed by atoms with E-state index in [0.29, 0.717) is 11.8 Å². The summed E-state index contributed by atoms with van der Waals surface area (Å²) in [6.07, 6.45) is 1.36. The summed E-state index contributed by atoms with van der Waals surface area (Å²) in [6.45, 7) is 6.34. The number of aromatic nitrogens is 1. The number of fused-ring (bicyclic) bond motifs is 1. The van der Waals surface area contributed by atoms with Gasteiger partial charge in [-0.25, -0.2) is 4.98 Å². The molecule has 1 N–H and O–H groups in total. The standard InChI is InChI=1S/C18H23NO2/c1-11-9-12(2)18(15(20)10-11)21-16-6-4-5-14-8-7-13(3)19-17(14)16/h4-8,11-12,15,18,20H,9-10H2,1-3H3. The van der Waals surface area contributed by atoms with Gasteiger partial charge in [0, 0.05) is 11.1 Å². The third-order valence-electron chi connectivity index (χ3n) is 4.44. The molecule has 1 aromatic carbocycles. The highest BCUT2D eigenvalue weighted by atomic mass is 16.5. The molecule has 1 fully saturated rings. The van der Waals surface area contributed by atoms with E-state index in [1.54, 1.807) is 0 Å². The van der Waals surface area contributed by atoms with Crippen LogP contribution in [-0.2, 0) is 0 Å². The number of rotatable bonds is 2. The van der Waals surface area contributed by atoms with Crippen molar-refractivity contribution >= 4 is 10.9 Å². The normalized spacial score (nSPS) is 29.5. The summed E-state index contributed by atoms with van der Waals surface area (Å²) >= 11 is 0. The van der Waals surface area contributed by atoms with Crippen molar-refractivity contribution in [3.63, 3.8) is 0 Å². The highest BCUT2D eigenvalue weighted by Gasteiger charge is 2.34. The van der Waals surface area contributed by atoms with Crippen molar-refractivity contribution in [1.29, 1.82) is 0 Å². The molecule has 0 bridgehead atoms. The third kappa shape index (κ3) is 2.88. The second kappa shape index (κ2) is 5.64. The Hall–Kier alpha value is -1.61. The molecule has 1 aliphatic rings. The molecule has 3 nitrogen and oxygen atoms in total. The van der Waals surface area contributed by atoms with E-state index in [4.69, 9.17) is 4.74 Å². The van der Waals surface area contributed by atoms with E-state index in [9.17, 15) is 5.11 Å². The van der Waals surface area contributed by atoms with Gasteiger partial charge in [-0.2, -0.15) is 0 Å². The Morgan fingerprint density at radius 3 is 2.71 bits per heavy atom. The first kappa shape index (κ1) is 14.3. The Morgan fingerprint density at radius 2 is 1.95 bits per heavy atom. The molecule has 0 aliphatic heterocycles. The Labute approximate surface area is 126 Å². The number of hydrogen-bond acceptors (Lipinski definition) is 3. The van der Waals surface area contributed by atoms with Gasteiger partial charge in [0.25, 0.3) is 0 Å². The quantitative estimate of drug-likeness (QED) is 0.914. The van der Waals surface area contributed by atoms with Gasteiger partial charge in [-0.1, -0.05) is 32.0 Å². The fraction of sp³-hybridized carbons (Fsp3) is 0.500. The van der Waals surface area contributed by atoms with Gasteiger partial charge < -0.3 is 9.84 Å². The molecule has 0 amide bonds. The summed E-state index contributed by atoms with van der Waals surface area (Å²) < 4.78 is 6.18. The predicted molar refractivity (Wildman–Crippen MR) is 84.5 cm³/mol. The lowest BCUT2D eigenvalue weighted by molar-refractivity contribution is -0.0382. The number of nitrogens with zero attached hydrogens (tertiary/aromatic N) is 1. The Balaban J connectivity index is 1.92. The van der Waals surface area contributed by atoms with Gasteiger partial charge in [0.15, 0.2) is 0 Å². The maximum absolute atomic E-state index is 10.4. The average molecular weight is 285 g/mol. The largest absolute Gasteiger partial charge is 0.485 e. The molecule has 1 aromatic heterocycles. The van der Waals surface area contributed by atoms with Gasteiger partial charge in [-0.3, -0.25) is 0 Å². The molecule has 3 heteroatoms. The van der Waals surface area contributed by atoms with Crippen LogP contribution in [0.3, 0.4) is 0 Å². The lowest BCUT2D eigenvalue weighted by Crippen LogP contribution is -2.43. The van der Waals surface area contributed by atoms with Crippen molar-refractivity contribution in [3.05, 3.63) is 36.0 Å². The second-order valence-corrected chi connectivity index (χ2v) is 6.48. The molecule has 1 heterocycles. The van der Waals surface area contributed by atoms with Crippen molar-refractivity contribution in [2.24, 2.45) is 11.8 Å². The van der Waals surface area contributed by atoms with E-state index in [1.807, 2.05) is 31.2 Å². The first-order valence-electron chi connectivity index (χ1n) is 7.75. The summed E-state index contributed by atoms with van der Waals surface area (Å²) in [5.41, 5.74) is 1.86. The van der Waals surface area contributed by atoms with Crippen LogP contribution in [0.15, 0.2) is 30.3 Å². The summed E-state index contributed by atoms with van der Waals surface area (Å²) in [4.78, 5) is 4.60. The minimum absolute atomic E-state index is 0.144. The Morgan fingerprint density at radius 1 is 1.14 bits per heavy atom. The molecule has 21 heavy (non-hydrogen) atoms. The van der Waals surface area contributed by atoms with Gasteiger partial charge in [0.05, 0.1) is 6.10 Å². The molecule has 2 aromatic rings. The second-order valence-electron chi connectivity index (χ2n) is 6.48. The van der Waals surface area contributed by atoms with Crippen molar-refractivity contribution in [1.82, 2.24) is 4.98 Å². The third-order valence-corrected chi connectivity index (χ3v) is 4.44. The molecular formula is C18H23NO2. The molecule has 0 spiro atoms. The van der Waals surface area contributed by atoms with Gasteiger partial charge in [0.2, 0.25) is 0 Å². The van der Waals surface area contributed by atoms with E-state index in [-0.39, 0.29) is 6.10 Å². The van der Waals surface area contributed by atoms with E-state index < -0.39 is 6.10 Å². The Kier molecular flexibility index (Phi) is 3.85. The zero-order valence-electron chi connectivity index (χ0n) is 12.9. The maximum atomic E-state index is 10.4. The van der Waals surface area contributed by atoms with Crippen LogP contribution in [0.5, 0.6) is 5.75 Å². The number of ether oxygens (including phenoxy) is 1. The molecule has 1 saturated carbocycles. The Bertz CT molecular complexity index is 628. The highest BCUT2D eigenvalue weighted by Crippen LogP contribution is 2.34. The van der Waals surface area contributed by atoms with Crippen molar-refractivity contribution < 1.29 is 9.84 Å². The fourth-order valence-electron chi connectivity index (χ4n) is 3.44. The van der Waals surface area contributed by atoms with E-state index in [1.165, 1.54) is 0 Å². The monoisotopic (exact) mass is 285 g/mol. The molecule has 4 atom stereocenters. The van der Waals surface area contributed by atoms with Crippen molar-refractivity contribution in [2.75, 3.05) is 0 Å². The summed E-state index contributed by atoms with van der Waals surface area (Å²) in [6, 6.07) is 10.0. The predicted octanol–water partition coefficient (Wildman–Crippen LogP) is 3.72.